The van der Waals surface area contributed by atoms with Crippen LogP contribution in [0.1, 0.15) is 30.9 Å². The number of nitrogens with one attached hydrogen (secondary N) is 1. The van der Waals surface area contributed by atoms with E-state index in [9.17, 15) is 4.79 Å². The fourth-order valence-electron chi connectivity index (χ4n) is 1.89. The van der Waals surface area contributed by atoms with Crippen LogP contribution in [0.3, 0.4) is 0 Å². The first kappa shape index (κ1) is 11.1. The molecule has 1 aromatic heterocycles. The molecule has 1 aliphatic rings. The van der Waals surface area contributed by atoms with Crippen LogP contribution in [-0.2, 0) is 24.3 Å². The molecular formula is C10H16N4O2. The molecule has 16 heavy (non-hydrogen) atoms. The van der Waals surface area contributed by atoms with Crippen molar-refractivity contribution >= 4 is 5.97 Å². The molecule has 2 heterocycles. The zero-order valence-corrected chi connectivity index (χ0v) is 9.15. The van der Waals surface area contributed by atoms with Gasteiger partial charge in [-0.05, 0) is 12.8 Å². The smallest absolute Gasteiger partial charge is 0.304 e. The second kappa shape index (κ2) is 5.07. The molecule has 2 rings (SSSR count). The van der Waals surface area contributed by atoms with Gasteiger partial charge < -0.3 is 15.0 Å². The zero-order chi connectivity index (χ0) is 11.4. The lowest BCUT2D eigenvalue weighted by Crippen LogP contribution is -2.21. The highest BCUT2D eigenvalue weighted by Gasteiger charge is 2.14. The molecule has 0 aliphatic carbocycles. The number of carbonyl (C=O) groups is 1. The predicted molar refractivity (Wildman–Crippen MR) is 56.9 cm³/mol. The summed E-state index contributed by atoms with van der Waals surface area (Å²) < 4.78 is 2.14. The summed E-state index contributed by atoms with van der Waals surface area (Å²) in [4.78, 5) is 10.3. The van der Waals surface area contributed by atoms with Gasteiger partial charge in [0.05, 0.1) is 13.0 Å². The number of aliphatic carboxylic acids is 1. The lowest BCUT2D eigenvalue weighted by atomic mass is 10.2. The number of aryl methyl sites for hydroxylation is 1. The summed E-state index contributed by atoms with van der Waals surface area (Å²) in [5.74, 6) is 1.19. The Bertz CT molecular complexity index is 375. The Kier molecular flexibility index (Phi) is 3.51. The minimum Gasteiger partial charge on any atom is -0.481 e. The van der Waals surface area contributed by atoms with Crippen LogP contribution in [0, 0.1) is 0 Å². The molecule has 0 radical (unpaired) electrons. The Hall–Kier alpha value is -1.43. The average molecular weight is 224 g/mol. The molecule has 2 N–H and O–H groups in total. The maximum Gasteiger partial charge on any atom is 0.304 e. The molecular weight excluding hydrogens is 208 g/mol. The second-order valence-corrected chi connectivity index (χ2v) is 3.96. The minimum absolute atomic E-state index is 0.140. The van der Waals surface area contributed by atoms with Crippen molar-refractivity contribution in [2.45, 2.75) is 38.8 Å². The van der Waals surface area contributed by atoms with Gasteiger partial charge in [-0.25, -0.2) is 0 Å². The first-order valence-electron chi connectivity index (χ1n) is 5.61. The van der Waals surface area contributed by atoms with Crippen LogP contribution in [0.5, 0.6) is 0 Å². The first-order chi connectivity index (χ1) is 7.77. The summed E-state index contributed by atoms with van der Waals surface area (Å²) in [6.45, 7) is 2.05. The quantitative estimate of drug-likeness (QED) is 0.697. The summed E-state index contributed by atoms with van der Waals surface area (Å²) in [6, 6.07) is 0. The van der Waals surface area contributed by atoms with Crippen LogP contribution in [0.2, 0.25) is 0 Å². The SMILES string of the molecule is O=C(O)CCNCc1nnc2n1CCCC2. The first-order valence-corrected chi connectivity index (χ1v) is 5.61. The Morgan fingerprint density at radius 3 is 3.12 bits per heavy atom. The largest absolute Gasteiger partial charge is 0.481 e. The maximum absolute atomic E-state index is 10.3. The molecule has 0 fully saturated rings. The highest BCUT2D eigenvalue weighted by molar-refractivity contribution is 5.66. The third-order valence-electron chi connectivity index (χ3n) is 2.73. The molecule has 0 saturated carbocycles. The van der Waals surface area contributed by atoms with Crippen molar-refractivity contribution in [3.8, 4) is 0 Å². The van der Waals surface area contributed by atoms with E-state index in [4.69, 9.17) is 5.11 Å². The van der Waals surface area contributed by atoms with Gasteiger partial charge in [-0.3, -0.25) is 4.79 Å². The van der Waals surface area contributed by atoms with E-state index >= 15 is 0 Å². The van der Waals surface area contributed by atoms with Crippen molar-refractivity contribution in [3.05, 3.63) is 11.6 Å². The molecule has 6 nitrogen and oxygen atoms in total. The Labute approximate surface area is 93.7 Å². The maximum atomic E-state index is 10.3. The number of hydrogen-bond acceptors (Lipinski definition) is 4. The fraction of sp³-hybridized carbons (Fsp3) is 0.700. The number of carboxylic acid groups (broad SMARTS) is 1. The van der Waals surface area contributed by atoms with Gasteiger partial charge in [0.1, 0.15) is 11.6 Å². The van der Waals surface area contributed by atoms with Gasteiger partial charge in [-0.15, -0.1) is 10.2 Å². The number of nitrogens with zero attached hydrogens (tertiary/aromatic N) is 3. The number of rotatable bonds is 5. The average Bonchev–Trinajstić information content (AvgIpc) is 2.68. The molecule has 6 heteroatoms. The zero-order valence-electron chi connectivity index (χ0n) is 9.15. The molecule has 1 aromatic rings. The normalized spacial score (nSPS) is 14.8. The van der Waals surface area contributed by atoms with Gasteiger partial charge in [0.25, 0.3) is 0 Å². The van der Waals surface area contributed by atoms with Gasteiger partial charge in [-0.1, -0.05) is 0 Å². The van der Waals surface area contributed by atoms with Crippen molar-refractivity contribution in [2.75, 3.05) is 6.54 Å². The summed E-state index contributed by atoms with van der Waals surface area (Å²) in [6.07, 6.45) is 3.50. The van der Waals surface area contributed by atoms with E-state index in [1.165, 1.54) is 12.8 Å². The third-order valence-corrected chi connectivity index (χ3v) is 2.73. The molecule has 0 saturated heterocycles. The monoisotopic (exact) mass is 224 g/mol. The van der Waals surface area contributed by atoms with Crippen molar-refractivity contribution in [3.63, 3.8) is 0 Å². The number of hydrogen-bond donors (Lipinski definition) is 2. The van der Waals surface area contributed by atoms with Crippen LogP contribution < -0.4 is 5.32 Å². The minimum atomic E-state index is -0.782. The van der Waals surface area contributed by atoms with E-state index in [1.54, 1.807) is 0 Å². The molecule has 0 bridgehead atoms. The lowest BCUT2D eigenvalue weighted by molar-refractivity contribution is -0.136. The van der Waals surface area contributed by atoms with Crippen LogP contribution in [0.25, 0.3) is 0 Å². The molecule has 0 unspecified atom stereocenters. The molecule has 0 atom stereocenters. The standard InChI is InChI=1S/C10H16N4O2/c15-10(16)4-5-11-7-9-13-12-8-3-1-2-6-14(8)9/h11H,1-7H2,(H,15,16). The third kappa shape index (κ3) is 2.57. The number of aromatic nitrogens is 3. The molecule has 0 aromatic carbocycles. The van der Waals surface area contributed by atoms with Gasteiger partial charge in [0.2, 0.25) is 0 Å². The molecule has 0 spiro atoms. The summed E-state index contributed by atoms with van der Waals surface area (Å²) in [5, 5.41) is 19.8. The summed E-state index contributed by atoms with van der Waals surface area (Å²) >= 11 is 0. The molecule has 0 amide bonds. The van der Waals surface area contributed by atoms with Gasteiger partial charge in [-0.2, -0.15) is 0 Å². The van der Waals surface area contributed by atoms with Gasteiger partial charge in [0.15, 0.2) is 0 Å². The van der Waals surface area contributed by atoms with Crippen molar-refractivity contribution in [1.82, 2.24) is 20.1 Å². The summed E-state index contributed by atoms with van der Waals surface area (Å²) in [5.41, 5.74) is 0. The van der Waals surface area contributed by atoms with Crippen molar-refractivity contribution in [1.29, 1.82) is 0 Å². The second-order valence-electron chi connectivity index (χ2n) is 3.96. The van der Waals surface area contributed by atoms with Crippen molar-refractivity contribution < 1.29 is 9.90 Å². The summed E-state index contributed by atoms with van der Waals surface area (Å²) in [7, 11) is 0. The van der Waals surface area contributed by atoms with Crippen LogP contribution in [0.15, 0.2) is 0 Å². The van der Waals surface area contributed by atoms with E-state index in [2.05, 4.69) is 20.1 Å². The predicted octanol–water partition coefficient (Wildman–Crippen LogP) is 0.179. The topological polar surface area (TPSA) is 80.0 Å². The molecule has 88 valence electrons. The van der Waals surface area contributed by atoms with E-state index in [0.29, 0.717) is 13.1 Å². The van der Waals surface area contributed by atoms with E-state index in [0.717, 1.165) is 24.6 Å². The number of carboxylic acids is 1. The van der Waals surface area contributed by atoms with Crippen LogP contribution >= 0.6 is 0 Å². The van der Waals surface area contributed by atoms with Crippen molar-refractivity contribution in [2.24, 2.45) is 0 Å². The van der Waals surface area contributed by atoms with E-state index < -0.39 is 5.97 Å². The van der Waals surface area contributed by atoms with Crippen LogP contribution in [-0.4, -0.2) is 32.4 Å². The lowest BCUT2D eigenvalue weighted by Gasteiger charge is -2.14. The van der Waals surface area contributed by atoms with Gasteiger partial charge in [0, 0.05) is 19.5 Å². The van der Waals surface area contributed by atoms with Crippen LogP contribution in [0.4, 0.5) is 0 Å². The van der Waals surface area contributed by atoms with Gasteiger partial charge >= 0.3 is 5.97 Å². The Balaban J connectivity index is 1.85. The van der Waals surface area contributed by atoms with E-state index in [1.807, 2.05) is 0 Å². The highest BCUT2D eigenvalue weighted by atomic mass is 16.4. The van der Waals surface area contributed by atoms with E-state index in [-0.39, 0.29) is 6.42 Å². The fourth-order valence-corrected chi connectivity index (χ4v) is 1.89. The molecule has 1 aliphatic heterocycles. The highest BCUT2D eigenvalue weighted by Crippen LogP contribution is 2.13. The number of fused-ring (bicyclic) bond motifs is 1. The Morgan fingerprint density at radius 2 is 2.31 bits per heavy atom. The Morgan fingerprint density at radius 1 is 1.44 bits per heavy atom.